The number of rotatable bonds is 3. The van der Waals surface area contributed by atoms with E-state index in [0.29, 0.717) is 17.0 Å². The van der Waals surface area contributed by atoms with Crippen molar-refractivity contribution in [3.8, 4) is 0 Å². The topological polar surface area (TPSA) is 71.0 Å². The quantitative estimate of drug-likeness (QED) is 0.839. The lowest BCUT2D eigenvalue weighted by molar-refractivity contribution is -0.147. The molecule has 1 aliphatic heterocycles. The van der Waals surface area contributed by atoms with Crippen molar-refractivity contribution in [3.63, 3.8) is 0 Å². The lowest BCUT2D eigenvalue weighted by Crippen LogP contribution is -2.42. The van der Waals surface area contributed by atoms with E-state index in [9.17, 15) is 18.4 Å². The summed E-state index contributed by atoms with van der Waals surface area (Å²) in [6.07, 6.45) is 0. The van der Waals surface area contributed by atoms with Gasteiger partial charge in [0.25, 0.3) is 0 Å². The Hall–Kier alpha value is -3.29. The van der Waals surface area contributed by atoms with Crippen LogP contribution in [-0.2, 0) is 9.53 Å². The Kier molecular flexibility index (Phi) is 4.89. The Morgan fingerprint density at radius 2 is 1.63 bits per heavy atom. The van der Waals surface area contributed by atoms with Crippen LogP contribution in [0.25, 0.3) is 0 Å². The van der Waals surface area contributed by atoms with Gasteiger partial charge in [-0.15, -0.1) is 0 Å². The summed E-state index contributed by atoms with van der Waals surface area (Å²) in [6, 6.07) is 10.1. The Morgan fingerprint density at radius 3 is 2.19 bits per heavy atom. The van der Waals surface area contributed by atoms with Gasteiger partial charge in [-0.25, -0.2) is 18.6 Å². The van der Waals surface area contributed by atoms with Crippen molar-refractivity contribution < 1.29 is 23.1 Å². The summed E-state index contributed by atoms with van der Waals surface area (Å²) >= 11 is 0. The van der Waals surface area contributed by atoms with Gasteiger partial charge < -0.3 is 10.1 Å². The summed E-state index contributed by atoms with van der Waals surface area (Å²) in [4.78, 5) is 24.9. The number of hydrogen-bond donors (Lipinski definition) is 1. The first kappa shape index (κ1) is 18.5. The van der Waals surface area contributed by atoms with Crippen LogP contribution in [0.15, 0.2) is 53.6 Å². The number of urea groups is 1. The van der Waals surface area contributed by atoms with E-state index in [1.165, 1.54) is 55.6 Å². The zero-order valence-corrected chi connectivity index (χ0v) is 14.7. The van der Waals surface area contributed by atoms with Gasteiger partial charge >= 0.3 is 12.0 Å². The predicted octanol–water partition coefficient (Wildman–Crippen LogP) is 3.40. The molecule has 0 bridgehead atoms. The van der Waals surface area contributed by atoms with Crippen molar-refractivity contribution in [2.45, 2.75) is 6.92 Å². The maximum Gasteiger partial charge on any atom is 0.342 e. The van der Waals surface area contributed by atoms with Crippen molar-refractivity contribution in [1.82, 2.24) is 5.01 Å². The molecule has 27 heavy (non-hydrogen) atoms. The highest BCUT2D eigenvalue weighted by Crippen LogP contribution is 2.33. The van der Waals surface area contributed by atoms with E-state index in [0.717, 1.165) is 5.01 Å². The normalized spacial score (nSPS) is 18.8. The predicted molar refractivity (Wildman–Crippen MR) is 95.2 cm³/mol. The molecule has 1 heterocycles. The van der Waals surface area contributed by atoms with Crippen LogP contribution in [0.4, 0.5) is 19.3 Å². The van der Waals surface area contributed by atoms with Gasteiger partial charge in [-0.3, -0.25) is 4.79 Å². The number of carbonyl (C=O) groups is 2. The summed E-state index contributed by atoms with van der Waals surface area (Å²) in [7, 11) is 1.25. The van der Waals surface area contributed by atoms with Gasteiger partial charge in [-0.1, -0.05) is 12.1 Å². The van der Waals surface area contributed by atoms with Gasteiger partial charge in [0.05, 0.1) is 19.4 Å². The van der Waals surface area contributed by atoms with E-state index in [2.05, 4.69) is 10.4 Å². The molecule has 2 amide bonds. The standard InChI is InChI=1S/C19H17F2N3O3/c1-19(17(25)27-2)11-24(18(26)22-15-9-7-14(21)8-10-15)23-16(19)12-3-5-13(20)6-4-12/h3-10H,11H2,1-2H3,(H,22,26). The zero-order valence-electron chi connectivity index (χ0n) is 14.7. The van der Waals surface area contributed by atoms with Gasteiger partial charge in [-0.05, 0) is 48.9 Å². The third-order valence-electron chi connectivity index (χ3n) is 4.29. The summed E-state index contributed by atoms with van der Waals surface area (Å²) < 4.78 is 31.1. The Bertz CT molecular complexity index is 897. The van der Waals surface area contributed by atoms with Crippen LogP contribution in [-0.4, -0.2) is 36.4 Å². The van der Waals surface area contributed by atoms with Gasteiger partial charge in [0.1, 0.15) is 17.0 Å². The molecule has 140 valence electrons. The molecule has 1 atom stereocenters. The first-order valence-corrected chi connectivity index (χ1v) is 8.11. The molecule has 3 rings (SSSR count). The monoisotopic (exact) mass is 373 g/mol. The molecule has 0 spiro atoms. The zero-order chi connectivity index (χ0) is 19.6. The van der Waals surface area contributed by atoms with E-state index in [4.69, 9.17) is 4.74 Å². The second-order valence-corrected chi connectivity index (χ2v) is 6.27. The lowest BCUT2D eigenvalue weighted by atomic mass is 9.82. The molecular weight excluding hydrogens is 356 g/mol. The maximum absolute atomic E-state index is 13.2. The average molecular weight is 373 g/mol. The van der Waals surface area contributed by atoms with Crippen molar-refractivity contribution in [3.05, 3.63) is 65.7 Å². The maximum atomic E-state index is 13.2. The van der Waals surface area contributed by atoms with E-state index < -0.39 is 29.0 Å². The Labute approximate surface area is 154 Å². The highest BCUT2D eigenvalue weighted by Gasteiger charge is 2.48. The number of hydrogen-bond acceptors (Lipinski definition) is 4. The molecule has 6 nitrogen and oxygen atoms in total. The highest BCUT2D eigenvalue weighted by molar-refractivity contribution is 6.17. The second kappa shape index (κ2) is 7.14. The van der Waals surface area contributed by atoms with Crippen molar-refractivity contribution in [2.24, 2.45) is 10.5 Å². The fourth-order valence-corrected chi connectivity index (χ4v) is 2.85. The third-order valence-corrected chi connectivity index (χ3v) is 4.29. The SMILES string of the molecule is COC(=O)C1(C)CN(C(=O)Nc2ccc(F)cc2)N=C1c1ccc(F)cc1. The molecule has 1 aliphatic rings. The molecule has 2 aromatic rings. The molecule has 0 fully saturated rings. The molecular formula is C19H17F2N3O3. The molecule has 0 saturated carbocycles. The summed E-state index contributed by atoms with van der Waals surface area (Å²) in [6.45, 7) is 1.55. The number of methoxy groups -OCH3 is 1. The van der Waals surface area contributed by atoms with E-state index in [1.807, 2.05) is 0 Å². The number of amides is 2. The van der Waals surface area contributed by atoms with Crippen molar-refractivity contribution in [1.29, 1.82) is 0 Å². The molecule has 0 aliphatic carbocycles. The molecule has 2 aromatic carbocycles. The largest absolute Gasteiger partial charge is 0.468 e. The van der Waals surface area contributed by atoms with Gasteiger partial charge in [-0.2, -0.15) is 5.10 Å². The first-order chi connectivity index (χ1) is 12.8. The second-order valence-electron chi connectivity index (χ2n) is 6.27. The van der Waals surface area contributed by atoms with Gasteiger partial charge in [0.2, 0.25) is 0 Å². The number of benzene rings is 2. The minimum Gasteiger partial charge on any atom is -0.468 e. The molecule has 1 N–H and O–H groups in total. The molecule has 8 heteroatoms. The van der Waals surface area contributed by atoms with Gasteiger partial charge in [0.15, 0.2) is 0 Å². The van der Waals surface area contributed by atoms with Crippen LogP contribution in [0.5, 0.6) is 0 Å². The number of carbonyl (C=O) groups excluding carboxylic acids is 2. The summed E-state index contributed by atoms with van der Waals surface area (Å²) in [5.74, 6) is -1.42. The minimum absolute atomic E-state index is 0.0561. The van der Waals surface area contributed by atoms with Crippen LogP contribution in [0.1, 0.15) is 12.5 Å². The number of hydrazone groups is 1. The minimum atomic E-state index is -1.22. The summed E-state index contributed by atoms with van der Waals surface area (Å²) in [5.41, 5.74) is -0.0382. The van der Waals surface area contributed by atoms with Crippen LogP contribution < -0.4 is 5.32 Å². The van der Waals surface area contributed by atoms with Crippen molar-refractivity contribution >= 4 is 23.4 Å². The van der Waals surface area contributed by atoms with Crippen LogP contribution in [0, 0.1) is 17.0 Å². The number of nitrogens with zero attached hydrogens (tertiary/aromatic N) is 2. The third kappa shape index (κ3) is 3.64. The summed E-state index contributed by atoms with van der Waals surface area (Å²) in [5, 5.41) is 7.95. The number of ether oxygens (including phenoxy) is 1. The fraction of sp³-hybridized carbons (Fsp3) is 0.211. The number of anilines is 1. The van der Waals surface area contributed by atoms with E-state index >= 15 is 0 Å². The molecule has 0 aromatic heterocycles. The van der Waals surface area contributed by atoms with Crippen LogP contribution in [0.2, 0.25) is 0 Å². The van der Waals surface area contributed by atoms with Gasteiger partial charge in [0, 0.05) is 5.69 Å². The average Bonchev–Trinajstić information content (AvgIpc) is 3.02. The first-order valence-electron chi connectivity index (χ1n) is 8.11. The van der Waals surface area contributed by atoms with E-state index in [-0.39, 0.29) is 6.54 Å². The Morgan fingerprint density at radius 1 is 1.07 bits per heavy atom. The molecule has 1 unspecified atom stereocenters. The number of esters is 1. The van der Waals surface area contributed by atoms with E-state index in [1.54, 1.807) is 6.92 Å². The number of halogens is 2. The highest BCUT2D eigenvalue weighted by atomic mass is 19.1. The molecule has 0 saturated heterocycles. The van der Waals surface area contributed by atoms with Crippen molar-refractivity contribution in [2.75, 3.05) is 19.0 Å². The molecule has 0 radical (unpaired) electrons. The number of nitrogens with one attached hydrogen (secondary N) is 1. The Balaban J connectivity index is 1.90. The van der Waals surface area contributed by atoms with Crippen LogP contribution >= 0.6 is 0 Å². The lowest BCUT2D eigenvalue weighted by Gasteiger charge is -2.23. The fourth-order valence-electron chi connectivity index (χ4n) is 2.85. The smallest absolute Gasteiger partial charge is 0.342 e. The van der Waals surface area contributed by atoms with Crippen LogP contribution in [0.3, 0.4) is 0 Å².